The minimum absolute atomic E-state index is 0.0930. The lowest BCUT2D eigenvalue weighted by Crippen LogP contribution is -2.29. The number of methoxy groups -OCH3 is 1. The van der Waals surface area contributed by atoms with Crippen LogP contribution in [0.3, 0.4) is 0 Å². The number of aryl methyl sites for hydroxylation is 1. The summed E-state index contributed by atoms with van der Waals surface area (Å²) in [5.41, 5.74) is 2.32. The smallest absolute Gasteiger partial charge is 0.495 e. The normalized spacial score (nSPS) is 19.5. The molecule has 4 rings (SSSR count). The molecule has 37 heavy (non-hydrogen) atoms. The van der Waals surface area contributed by atoms with Gasteiger partial charge in [0.25, 0.3) is 0 Å². The number of nitrogens with zero attached hydrogens (tertiary/aromatic N) is 3. The molecule has 0 amide bonds. The van der Waals surface area contributed by atoms with Gasteiger partial charge in [0.15, 0.2) is 5.65 Å². The van der Waals surface area contributed by atoms with Crippen LogP contribution in [0.1, 0.15) is 58.2 Å². The van der Waals surface area contributed by atoms with Crippen LogP contribution in [-0.2, 0) is 11.2 Å². The zero-order valence-corrected chi connectivity index (χ0v) is 21.2. The Hall–Kier alpha value is -3.50. The first kappa shape index (κ1) is 26.6. The van der Waals surface area contributed by atoms with Gasteiger partial charge in [0.05, 0.1) is 24.7 Å². The molecule has 2 heterocycles. The summed E-state index contributed by atoms with van der Waals surface area (Å²) in [6, 6.07) is 7.38. The maximum atomic E-state index is 12.6. The van der Waals surface area contributed by atoms with E-state index in [9.17, 15) is 18.0 Å². The van der Waals surface area contributed by atoms with Crippen LogP contribution in [0.5, 0.6) is 11.5 Å². The fourth-order valence-electron chi connectivity index (χ4n) is 5.44. The first-order valence-corrected chi connectivity index (χ1v) is 12.1. The van der Waals surface area contributed by atoms with Crippen LogP contribution in [0, 0.1) is 11.3 Å². The molecule has 0 radical (unpaired) electrons. The number of alkyl halides is 3. The summed E-state index contributed by atoms with van der Waals surface area (Å²) in [6.45, 7) is 6.70. The number of fused-ring (bicyclic) bond motifs is 1. The van der Waals surface area contributed by atoms with E-state index in [4.69, 9.17) is 14.8 Å². The second kappa shape index (κ2) is 10.1. The standard InChI is InChI=1S/C26H31F3N4O4/c1-15-11-17(14-25(2,3)13-15)33-20-12-21(36-4)19(9-10-22(34)35)31-23(20)32-24(33)30-16-5-7-18(8-6-16)37-26(27,28)29/h5-8,12,15,17H,9-11,13-14H2,1-4H3,(H,34,35)(H,30,31,32)/t15-,17?/m0/s1. The number of imidazole rings is 1. The number of ether oxygens (including phenoxy) is 2. The van der Waals surface area contributed by atoms with Gasteiger partial charge in [0.1, 0.15) is 11.5 Å². The van der Waals surface area contributed by atoms with E-state index >= 15 is 0 Å². The maximum absolute atomic E-state index is 12.6. The molecule has 1 saturated carbocycles. The Morgan fingerprint density at radius 3 is 2.51 bits per heavy atom. The van der Waals surface area contributed by atoms with Gasteiger partial charge in [-0.1, -0.05) is 20.8 Å². The first-order valence-electron chi connectivity index (χ1n) is 12.1. The molecular formula is C26H31F3N4O4. The van der Waals surface area contributed by atoms with Gasteiger partial charge in [0, 0.05) is 24.2 Å². The Morgan fingerprint density at radius 1 is 1.22 bits per heavy atom. The number of benzene rings is 1. The SMILES string of the molecule is COc1cc2c(nc1CCC(=O)O)nc(Nc1ccc(OC(F)(F)F)cc1)n2C1C[C@H](C)CC(C)(C)C1. The van der Waals surface area contributed by atoms with Crippen LogP contribution in [-0.4, -0.2) is 39.1 Å². The Bertz CT molecular complexity index is 1270. The summed E-state index contributed by atoms with van der Waals surface area (Å²) in [5, 5.41) is 12.4. The van der Waals surface area contributed by atoms with Gasteiger partial charge in [-0.2, -0.15) is 4.98 Å². The highest BCUT2D eigenvalue weighted by Crippen LogP contribution is 2.46. The fourth-order valence-corrected chi connectivity index (χ4v) is 5.44. The quantitative estimate of drug-likeness (QED) is 0.350. The van der Waals surface area contributed by atoms with E-state index in [0.29, 0.717) is 34.6 Å². The Kier molecular flexibility index (Phi) is 7.25. The summed E-state index contributed by atoms with van der Waals surface area (Å²) in [5.74, 6) is 0.206. The van der Waals surface area contributed by atoms with Crippen molar-refractivity contribution in [3.8, 4) is 11.5 Å². The van der Waals surface area contributed by atoms with Crippen LogP contribution in [0.25, 0.3) is 11.2 Å². The molecule has 0 saturated heterocycles. The van der Waals surface area contributed by atoms with Crippen molar-refractivity contribution in [2.75, 3.05) is 12.4 Å². The lowest BCUT2D eigenvalue weighted by atomic mass is 9.70. The van der Waals surface area contributed by atoms with Crippen LogP contribution in [0.4, 0.5) is 24.8 Å². The number of hydrogen-bond donors (Lipinski definition) is 2. The van der Waals surface area contributed by atoms with E-state index in [1.165, 1.54) is 31.4 Å². The molecule has 1 aliphatic carbocycles. The minimum Gasteiger partial charge on any atom is -0.495 e. The lowest BCUT2D eigenvalue weighted by molar-refractivity contribution is -0.274. The molecule has 8 nitrogen and oxygen atoms in total. The van der Waals surface area contributed by atoms with Crippen LogP contribution >= 0.6 is 0 Å². The van der Waals surface area contributed by atoms with Crippen molar-refractivity contribution in [3.05, 3.63) is 36.0 Å². The molecule has 0 bridgehead atoms. The number of carboxylic acid groups (broad SMARTS) is 1. The number of rotatable bonds is 8. The van der Waals surface area contributed by atoms with Crippen molar-refractivity contribution in [2.24, 2.45) is 11.3 Å². The highest BCUT2D eigenvalue weighted by Gasteiger charge is 2.35. The van der Waals surface area contributed by atoms with Gasteiger partial charge >= 0.3 is 12.3 Å². The number of nitrogens with one attached hydrogen (secondary N) is 1. The van der Waals surface area contributed by atoms with Gasteiger partial charge in [-0.15, -0.1) is 13.2 Å². The van der Waals surface area contributed by atoms with Gasteiger partial charge in [0.2, 0.25) is 5.95 Å². The van der Waals surface area contributed by atoms with Crippen LogP contribution in [0.2, 0.25) is 0 Å². The van der Waals surface area contributed by atoms with Crippen LogP contribution in [0.15, 0.2) is 30.3 Å². The topological polar surface area (TPSA) is 98.5 Å². The first-order chi connectivity index (χ1) is 17.3. The molecule has 0 aliphatic heterocycles. The molecule has 1 fully saturated rings. The molecule has 1 aromatic carbocycles. The average molecular weight is 521 g/mol. The molecule has 2 atom stereocenters. The predicted molar refractivity (Wildman–Crippen MR) is 132 cm³/mol. The third-order valence-corrected chi connectivity index (χ3v) is 6.59. The molecule has 3 aromatic rings. The van der Waals surface area contributed by atoms with E-state index in [0.717, 1.165) is 24.8 Å². The third kappa shape index (κ3) is 6.44. The second-order valence-electron chi connectivity index (χ2n) is 10.4. The molecule has 0 spiro atoms. The summed E-state index contributed by atoms with van der Waals surface area (Å²) >= 11 is 0. The van der Waals surface area contributed by atoms with E-state index in [1.54, 1.807) is 0 Å². The number of aliphatic carboxylic acids is 1. The number of pyridine rings is 1. The Labute approximate surface area is 212 Å². The number of carbonyl (C=O) groups is 1. The van der Waals surface area contributed by atoms with Gasteiger partial charge in [-0.25, -0.2) is 4.98 Å². The van der Waals surface area contributed by atoms with Crippen molar-refractivity contribution in [2.45, 2.75) is 65.3 Å². The van der Waals surface area contributed by atoms with E-state index < -0.39 is 12.3 Å². The van der Waals surface area contributed by atoms with Crippen molar-refractivity contribution in [3.63, 3.8) is 0 Å². The van der Waals surface area contributed by atoms with Gasteiger partial charge < -0.3 is 24.5 Å². The van der Waals surface area contributed by atoms with Crippen LogP contribution < -0.4 is 14.8 Å². The molecule has 2 N–H and O–H groups in total. The maximum Gasteiger partial charge on any atom is 0.573 e. The van der Waals surface area contributed by atoms with Gasteiger partial charge in [-0.05, 0) is 54.9 Å². The molecule has 2 aromatic heterocycles. The molecule has 1 unspecified atom stereocenters. The van der Waals surface area contributed by atoms with Crippen molar-refractivity contribution >= 4 is 28.8 Å². The van der Waals surface area contributed by atoms with Crippen molar-refractivity contribution in [1.29, 1.82) is 0 Å². The summed E-state index contributed by atoms with van der Waals surface area (Å²) in [6.07, 6.45) is -1.75. The third-order valence-electron chi connectivity index (χ3n) is 6.59. The van der Waals surface area contributed by atoms with Gasteiger partial charge in [-0.3, -0.25) is 4.79 Å². The summed E-state index contributed by atoms with van der Waals surface area (Å²) in [7, 11) is 1.52. The zero-order valence-electron chi connectivity index (χ0n) is 21.2. The predicted octanol–water partition coefficient (Wildman–Crippen LogP) is 6.49. The fraction of sp³-hybridized carbons (Fsp3) is 0.500. The molecule has 1 aliphatic rings. The number of hydrogen-bond acceptors (Lipinski definition) is 6. The number of aromatic nitrogens is 3. The molecular weight excluding hydrogens is 489 g/mol. The summed E-state index contributed by atoms with van der Waals surface area (Å²) in [4.78, 5) is 20.5. The minimum atomic E-state index is -4.77. The van der Waals surface area contributed by atoms with Crippen molar-refractivity contribution in [1.82, 2.24) is 14.5 Å². The number of carboxylic acids is 1. The molecule has 200 valence electrons. The monoisotopic (exact) mass is 520 g/mol. The highest BCUT2D eigenvalue weighted by molar-refractivity contribution is 5.79. The van der Waals surface area contributed by atoms with E-state index in [2.05, 4.69) is 40.4 Å². The summed E-state index contributed by atoms with van der Waals surface area (Å²) < 4.78 is 49.3. The van der Waals surface area contributed by atoms with Crippen molar-refractivity contribution < 1.29 is 32.5 Å². The zero-order chi connectivity index (χ0) is 27.0. The molecule has 11 heteroatoms. The Morgan fingerprint density at radius 2 is 1.92 bits per heavy atom. The Balaban J connectivity index is 1.77. The largest absolute Gasteiger partial charge is 0.573 e. The van der Waals surface area contributed by atoms with E-state index in [-0.39, 0.29) is 30.0 Å². The second-order valence-corrected chi connectivity index (χ2v) is 10.4. The highest BCUT2D eigenvalue weighted by atomic mass is 19.4. The lowest BCUT2D eigenvalue weighted by Gasteiger charge is -2.40. The average Bonchev–Trinajstić information content (AvgIpc) is 3.12. The van der Waals surface area contributed by atoms with E-state index in [1.807, 2.05) is 6.07 Å². The number of halogens is 3. The number of anilines is 2.